The van der Waals surface area contributed by atoms with Crippen molar-refractivity contribution >= 4 is 11.9 Å². The number of amides is 1. The number of aliphatic hydroxyl groups excluding tert-OH is 1. The summed E-state index contributed by atoms with van der Waals surface area (Å²) in [6, 6.07) is 24.2. The molecule has 8 heteroatoms. The van der Waals surface area contributed by atoms with Crippen molar-refractivity contribution in [1.29, 1.82) is 0 Å². The van der Waals surface area contributed by atoms with Crippen LogP contribution >= 0.6 is 0 Å². The van der Waals surface area contributed by atoms with Gasteiger partial charge in [0.05, 0.1) is 18.8 Å². The zero-order valence-corrected chi connectivity index (χ0v) is 25.0. The largest absolute Gasteiger partial charge is 0.453 e. The van der Waals surface area contributed by atoms with Crippen LogP contribution in [0.1, 0.15) is 74.2 Å². The first kappa shape index (κ1) is 30.9. The monoisotopic (exact) mass is 586 g/mol. The maximum atomic E-state index is 12.3. The standard InChI is InChI=1S/C35H42N2O6/c1-24(41-25(2)39)34(40)36-21-27-8-6-9-29(18-27)30-10-7-11-31(19-30)35-42-32(22-37-16-4-3-5-17-37)20-33(43-35)28-14-12-26(23-38)13-15-28/h6-15,18-19,24,32-33,35,38H,3-5,16-17,20-23H2,1-2H3,(H,36,40). The van der Waals surface area contributed by atoms with E-state index in [-0.39, 0.29) is 24.7 Å². The second-order valence-electron chi connectivity index (χ2n) is 11.5. The van der Waals surface area contributed by atoms with Crippen LogP contribution in [0, 0.1) is 0 Å². The van der Waals surface area contributed by atoms with Crippen LogP contribution in [0.15, 0.2) is 72.8 Å². The minimum absolute atomic E-state index is 0.0168. The van der Waals surface area contributed by atoms with Gasteiger partial charge in [-0.15, -0.1) is 0 Å². The lowest BCUT2D eigenvalue weighted by atomic mass is 9.98. The molecule has 8 nitrogen and oxygen atoms in total. The lowest BCUT2D eigenvalue weighted by molar-refractivity contribution is -0.253. The van der Waals surface area contributed by atoms with Gasteiger partial charge in [0.15, 0.2) is 12.4 Å². The maximum absolute atomic E-state index is 12.3. The highest BCUT2D eigenvalue weighted by atomic mass is 16.7. The van der Waals surface area contributed by atoms with Gasteiger partial charge >= 0.3 is 5.97 Å². The third-order valence-electron chi connectivity index (χ3n) is 8.12. The maximum Gasteiger partial charge on any atom is 0.303 e. The number of hydrogen-bond donors (Lipinski definition) is 2. The first-order valence-corrected chi connectivity index (χ1v) is 15.2. The van der Waals surface area contributed by atoms with E-state index in [0.717, 1.165) is 59.4 Å². The average molecular weight is 587 g/mol. The number of benzene rings is 3. The Morgan fingerprint density at radius 3 is 2.37 bits per heavy atom. The lowest BCUT2D eigenvalue weighted by Crippen LogP contribution is -2.41. The summed E-state index contributed by atoms with van der Waals surface area (Å²) in [6.07, 6.45) is 3.08. The Morgan fingerprint density at radius 1 is 0.930 bits per heavy atom. The molecule has 1 amide bonds. The molecule has 2 aliphatic heterocycles. The first-order chi connectivity index (χ1) is 20.9. The number of carbonyl (C=O) groups excluding carboxylic acids is 2. The topological polar surface area (TPSA) is 97.3 Å². The third-order valence-corrected chi connectivity index (χ3v) is 8.12. The zero-order chi connectivity index (χ0) is 30.2. The van der Waals surface area contributed by atoms with E-state index in [1.54, 1.807) is 6.92 Å². The van der Waals surface area contributed by atoms with Crippen LogP contribution in [0.4, 0.5) is 0 Å². The van der Waals surface area contributed by atoms with E-state index in [1.165, 1.54) is 26.2 Å². The van der Waals surface area contributed by atoms with Crippen LogP contribution in [0.5, 0.6) is 0 Å². The smallest absolute Gasteiger partial charge is 0.303 e. The predicted octanol–water partition coefficient (Wildman–Crippen LogP) is 5.45. The number of nitrogens with zero attached hydrogens (tertiary/aromatic N) is 1. The van der Waals surface area contributed by atoms with Gasteiger partial charge in [0, 0.05) is 32.0 Å². The molecule has 2 heterocycles. The molecule has 3 aromatic rings. The minimum atomic E-state index is -0.844. The Labute approximate surface area is 254 Å². The summed E-state index contributed by atoms with van der Waals surface area (Å²) in [5, 5.41) is 12.3. The minimum Gasteiger partial charge on any atom is -0.453 e. The van der Waals surface area contributed by atoms with Crippen LogP contribution in [0.3, 0.4) is 0 Å². The van der Waals surface area contributed by atoms with Gasteiger partial charge in [-0.25, -0.2) is 0 Å². The SMILES string of the molecule is CC(=O)OC(C)C(=O)NCc1cccc(-c2cccc(C3OC(CN4CCCCC4)CC(c4ccc(CO)cc4)O3)c2)c1. The second kappa shape index (κ2) is 14.8. The van der Waals surface area contributed by atoms with Crippen molar-refractivity contribution in [2.45, 2.75) is 77.3 Å². The molecule has 0 aromatic heterocycles. The number of esters is 1. The summed E-state index contributed by atoms with van der Waals surface area (Å²) in [7, 11) is 0. The summed E-state index contributed by atoms with van der Waals surface area (Å²) in [6.45, 7) is 6.28. The molecule has 4 atom stereocenters. The van der Waals surface area contributed by atoms with E-state index >= 15 is 0 Å². The molecule has 0 spiro atoms. The Morgan fingerprint density at radius 2 is 1.65 bits per heavy atom. The molecule has 0 radical (unpaired) electrons. The number of ether oxygens (including phenoxy) is 3. The predicted molar refractivity (Wildman–Crippen MR) is 164 cm³/mol. The van der Waals surface area contributed by atoms with E-state index < -0.39 is 18.4 Å². The van der Waals surface area contributed by atoms with Gasteiger partial charge in [-0.1, -0.05) is 67.1 Å². The van der Waals surface area contributed by atoms with Gasteiger partial charge in [0.25, 0.3) is 5.91 Å². The number of carbonyl (C=O) groups is 2. The molecule has 2 aliphatic rings. The van der Waals surface area contributed by atoms with E-state index in [2.05, 4.69) is 22.3 Å². The molecule has 4 unspecified atom stereocenters. The molecule has 2 saturated heterocycles. The fourth-order valence-electron chi connectivity index (χ4n) is 5.82. The number of rotatable bonds is 10. The van der Waals surface area contributed by atoms with Crippen LogP contribution in [-0.2, 0) is 37.0 Å². The third kappa shape index (κ3) is 8.51. The quantitative estimate of drug-likeness (QED) is 0.305. The van der Waals surface area contributed by atoms with Crippen molar-refractivity contribution in [3.8, 4) is 11.1 Å². The Kier molecular flexibility index (Phi) is 10.6. The summed E-state index contributed by atoms with van der Waals surface area (Å²) in [4.78, 5) is 26.0. The number of nitrogens with one attached hydrogen (secondary N) is 1. The highest BCUT2D eigenvalue weighted by Gasteiger charge is 2.33. The molecule has 228 valence electrons. The van der Waals surface area contributed by atoms with E-state index in [4.69, 9.17) is 14.2 Å². The highest BCUT2D eigenvalue weighted by Crippen LogP contribution is 2.39. The Bertz CT molecular complexity index is 1370. The molecule has 2 N–H and O–H groups in total. The first-order valence-electron chi connectivity index (χ1n) is 15.2. The zero-order valence-electron chi connectivity index (χ0n) is 25.0. The van der Waals surface area contributed by atoms with Crippen molar-refractivity contribution in [2.24, 2.45) is 0 Å². The van der Waals surface area contributed by atoms with Gasteiger partial charge < -0.3 is 29.5 Å². The molecule has 3 aromatic carbocycles. The Balaban J connectivity index is 1.32. The fourth-order valence-corrected chi connectivity index (χ4v) is 5.82. The van der Waals surface area contributed by atoms with Crippen molar-refractivity contribution in [3.05, 3.63) is 95.1 Å². The van der Waals surface area contributed by atoms with Gasteiger partial charge in [0.1, 0.15) is 0 Å². The summed E-state index contributed by atoms with van der Waals surface area (Å²) < 4.78 is 18.2. The molecule has 0 bridgehead atoms. The van der Waals surface area contributed by atoms with Gasteiger partial charge in [0.2, 0.25) is 0 Å². The summed E-state index contributed by atoms with van der Waals surface area (Å²) in [5.41, 5.74) is 5.89. The number of aliphatic hydroxyl groups is 1. The molecule has 0 saturated carbocycles. The van der Waals surface area contributed by atoms with Crippen molar-refractivity contribution < 1.29 is 28.9 Å². The number of hydrogen-bond acceptors (Lipinski definition) is 7. The van der Waals surface area contributed by atoms with Crippen LogP contribution in [0.2, 0.25) is 0 Å². The molecule has 43 heavy (non-hydrogen) atoms. The number of likely N-dealkylation sites (tertiary alicyclic amines) is 1. The van der Waals surface area contributed by atoms with Crippen molar-refractivity contribution in [3.63, 3.8) is 0 Å². The molecule has 2 fully saturated rings. The van der Waals surface area contributed by atoms with E-state index in [1.807, 2.05) is 60.7 Å². The van der Waals surface area contributed by atoms with Crippen LogP contribution in [0.25, 0.3) is 11.1 Å². The van der Waals surface area contributed by atoms with E-state index in [9.17, 15) is 14.7 Å². The Hall–Kier alpha value is -3.56. The summed E-state index contributed by atoms with van der Waals surface area (Å²) >= 11 is 0. The van der Waals surface area contributed by atoms with Gasteiger partial charge in [-0.2, -0.15) is 0 Å². The summed E-state index contributed by atoms with van der Waals surface area (Å²) in [5.74, 6) is -0.826. The molecular weight excluding hydrogens is 544 g/mol. The fraction of sp³-hybridized carbons (Fsp3) is 0.429. The molecule has 5 rings (SSSR count). The average Bonchev–Trinajstić information content (AvgIpc) is 3.04. The van der Waals surface area contributed by atoms with Gasteiger partial charge in [-0.05, 0) is 72.8 Å². The van der Waals surface area contributed by atoms with Gasteiger partial charge in [-0.3, -0.25) is 9.59 Å². The lowest BCUT2D eigenvalue weighted by Gasteiger charge is -2.39. The van der Waals surface area contributed by atoms with Crippen LogP contribution < -0.4 is 5.32 Å². The van der Waals surface area contributed by atoms with Crippen molar-refractivity contribution in [1.82, 2.24) is 10.2 Å². The highest BCUT2D eigenvalue weighted by molar-refractivity contribution is 5.82. The van der Waals surface area contributed by atoms with Crippen molar-refractivity contribution in [2.75, 3.05) is 19.6 Å². The molecule has 0 aliphatic carbocycles. The van der Waals surface area contributed by atoms with E-state index in [0.29, 0.717) is 6.54 Å². The number of piperidine rings is 1. The normalized spacial score (nSPS) is 21.6. The molecular formula is C35H42N2O6. The van der Waals surface area contributed by atoms with Crippen LogP contribution in [-0.4, -0.2) is 53.7 Å². The second-order valence-corrected chi connectivity index (χ2v) is 11.5.